The van der Waals surface area contributed by atoms with Crippen LogP contribution in [0.15, 0.2) is 48.8 Å². The highest BCUT2D eigenvalue weighted by atomic mass is 32.2. The van der Waals surface area contributed by atoms with Crippen LogP contribution in [0.4, 0.5) is 5.82 Å². The molecule has 0 amide bonds. The van der Waals surface area contributed by atoms with Crippen LogP contribution in [-0.2, 0) is 14.5 Å². The Labute approximate surface area is 184 Å². The number of aliphatic hydroxyl groups excluding tert-OH is 1. The van der Waals surface area contributed by atoms with E-state index in [4.69, 9.17) is 5.14 Å². The molecule has 2 aromatic carbocycles. The standard InChI is InChI=1S/C21H22N6O4S/c22-32(29,30)31-10-13-8-14(9-17(13)28)25-20-18-21(24-11-23-20)27-19(26-18)16-7-3-5-12-4-1-2-6-15(12)16/h1-7,11,13-14,17,28H,8-10H2,(H2,22,29,30)(H2,23,24,25,26,27)/t13-,14+,17-/m0/s1. The lowest BCUT2D eigenvalue weighted by Crippen LogP contribution is -2.24. The molecule has 11 heteroatoms. The Kier molecular flexibility index (Phi) is 5.25. The van der Waals surface area contributed by atoms with Crippen LogP contribution >= 0.6 is 0 Å². The van der Waals surface area contributed by atoms with Gasteiger partial charge in [-0.15, -0.1) is 0 Å². The maximum atomic E-state index is 11.0. The number of imidazole rings is 1. The van der Waals surface area contributed by atoms with Crippen LogP contribution in [0.2, 0.25) is 0 Å². The predicted molar refractivity (Wildman–Crippen MR) is 120 cm³/mol. The van der Waals surface area contributed by atoms with Gasteiger partial charge in [0.2, 0.25) is 0 Å². The van der Waals surface area contributed by atoms with Gasteiger partial charge in [0.25, 0.3) is 0 Å². The Hall–Kier alpha value is -3.12. The molecule has 2 aromatic heterocycles. The topological polar surface area (TPSA) is 156 Å². The van der Waals surface area contributed by atoms with Gasteiger partial charge in [0.1, 0.15) is 17.7 Å². The van der Waals surface area contributed by atoms with Gasteiger partial charge in [-0.3, -0.25) is 4.18 Å². The van der Waals surface area contributed by atoms with Gasteiger partial charge in [-0.1, -0.05) is 42.5 Å². The smallest absolute Gasteiger partial charge is 0.333 e. The zero-order valence-electron chi connectivity index (χ0n) is 17.0. The van der Waals surface area contributed by atoms with Crippen molar-refractivity contribution in [2.24, 2.45) is 11.1 Å². The quantitative estimate of drug-likeness (QED) is 0.344. The highest BCUT2D eigenvalue weighted by molar-refractivity contribution is 7.84. The SMILES string of the molecule is NS(=O)(=O)OC[C@@H]1C[C@@H](Nc2ncnc3nc(-c4cccc5ccccc45)[nH]c23)C[C@@H]1O. The van der Waals surface area contributed by atoms with Gasteiger partial charge in [-0.05, 0) is 23.6 Å². The first kappa shape index (κ1) is 20.8. The van der Waals surface area contributed by atoms with Crippen molar-refractivity contribution in [3.63, 3.8) is 0 Å². The highest BCUT2D eigenvalue weighted by Gasteiger charge is 2.34. The molecule has 3 atom stereocenters. The minimum absolute atomic E-state index is 0.124. The van der Waals surface area contributed by atoms with Gasteiger partial charge in [-0.2, -0.15) is 8.42 Å². The number of nitrogens with two attached hydrogens (primary N) is 1. The summed E-state index contributed by atoms with van der Waals surface area (Å²) in [5.74, 6) is 0.904. The molecular weight excluding hydrogens is 432 g/mol. The van der Waals surface area contributed by atoms with Crippen LogP contribution < -0.4 is 10.5 Å². The highest BCUT2D eigenvalue weighted by Crippen LogP contribution is 2.32. The van der Waals surface area contributed by atoms with Gasteiger partial charge in [0, 0.05) is 17.5 Å². The van der Waals surface area contributed by atoms with Gasteiger partial charge >= 0.3 is 10.3 Å². The molecule has 0 radical (unpaired) electrons. The summed E-state index contributed by atoms with van der Waals surface area (Å²) in [5, 5.41) is 20.7. The lowest BCUT2D eigenvalue weighted by Gasteiger charge is -2.14. The summed E-state index contributed by atoms with van der Waals surface area (Å²) in [6.07, 6.45) is 1.66. The van der Waals surface area contributed by atoms with E-state index < -0.39 is 16.4 Å². The lowest BCUT2D eigenvalue weighted by atomic mass is 10.0. The van der Waals surface area contributed by atoms with Crippen molar-refractivity contribution in [2.45, 2.75) is 25.0 Å². The molecule has 0 spiro atoms. The van der Waals surface area contributed by atoms with Crippen molar-refractivity contribution in [3.05, 3.63) is 48.8 Å². The molecule has 0 aliphatic heterocycles. The van der Waals surface area contributed by atoms with Crippen molar-refractivity contribution in [3.8, 4) is 11.4 Å². The molecule has 5 rings (SSSR count). The number of aromatic nitrogens is 4. The third-order valence-corrected chi connectivity index (χ3v) is 6.24. The molecule has 1 fully saturated rings. The van der Waals surface area contributed by atoms with E-state index >= 15 is 0 Å². The molecule has 1 saturated carbocycles. The van der Waals surface area contributed by atoms with Crippen molar-refractivity contribution in [2.75, 3.05) is 11.9 Å². The molecule has 0 unspecified atom stereocenters. The molecule has 0 saturated heterocycles. The van der Waals surface area contributed by atoms with Crippen LogP contribution in [0.3, 0.4) is 0 Å². The zero-order chi connectivity index (χ0) is 22.3. The minimum atomic E-state index is -4.04. The van der Waals surface area contributed by atoms with E-state index in [2.05, 4.69) is 41.6 Å². The van der Waals surface area contributed by atoms with E-state index in [-0.39, 0.29) is 18.6 Å². The summed E-state index contributed by atoms with van der Waals surface area (Å²) < 4.78 is 26.8. The normalized spacial score (nSPS) is 21.4. The summed E-state index contributed by atoms with van der Waals surface area (Å²) in [4.78, 5) is 16.6. The number of anilines is 1. The second kappa shape index (κ2) is 8.10. The third-order valence-electron chi connectivity index (χ3n) is 5.78. The van der Waals surface area contributed by atoms with Crippen LogP contribution in [0.1, 0.15) is 12.8 Å². The van der Waals surface area contributed by atoms with E-state index in [9.17, 15) is 13.5 Å². The van der Waals surface area contributed by atoms with Crippen molar-refractivity contribution < 1.29 is 17.7 Å². The molecule has 166 valence electrons. The second-order valence-corrected chi connectivity index (χ2v) is 9.17. The number of nitrogens with one attached hydrogen (secondary N) is 2. The number of hydrogen-bond donors (Lipinski definition) is 4. The fourth-order valence-corrected chi connectivity index (χ4v) is 4.64. The zero-order valence-corrected chi connectivity index (χ0v) is 17.8. The Balaban J connectivity index is 1.41. The van der Waals surface area contributed by atoms with Crippen LogP contribution in [-0.4, -0.2) is 52.2 Å². The van der Waals surface area contributed by atoms with Gasteiger partial charge in [0.15, 0.2) is 11.5 Å². The van der Waals surface area contributed by atoms with Crippen LogP contribution in [0.5, 0.6) is 0 Å². The average molecular weight is 455 g/mol. The number of aliphatic hydroxyl groups is 1. The maximum Gasteiger partial charge on any atom is 0.333 e. The average Bonchev–Trinajstić information content (AvgIpc) is 3.35. The maximum absolute atomic E-state index is 11.0. The second-order valence-electron chi connectivity index (χ2n) is 7.95. The molecule has 1 aliphatic rings. The predicted octanol–water partition coefficient (Wildman–Crippen LogP) is 1.94. The molecular formula is C21H22N6O4S. The first-order chi connectivity index (χ1) is 15.4. The van der Waals surface area contributed by atoms with Crippen molar-refractivity contribution >= 4 is 38.1 Å². The van der Waals surface area contributed by atoms with Gasteiger partial charge < -0.3 is 15.4 Å². The number of fused-ring (bicyclic) bond motifs is 2. The van der Waals surface area contributed by atoms with Crippen LogP contribution in [0.25, 0.3) is 33.3 Å². The number of rotatable bonds is 6. The summed E-state index contributed by atoms with van der Waals surface area (Å²) in [6, 6.07) is 14.0. The van der Waals surface area contributed by atoms with E-state index in [1.165, 1.54) is 6.33 Å². The summed E-state index contributed by atoms with van der Waals surface area (Å²) in [6.45, 7) is -0.160. The number of nitrogens with zero attached hydrogens (tertiary/aromatic N) is 3. The number of aromatic amines is 1. The lowest BCUT2D eigenvalue weighted by molar-refractivity contribution is 0.101. The van der Waals surface area contributed by atoms with E-state index in [1.54, 1.807) is 0 Å². The molecule has 10 nitrogen and oxygen atoms in total. The third kappa shape index (κ3) is 4.15. The molecule has 0 bridgehead atoms. The fourth-order valence-electron chi connectivity index (χ4n) is 4.27. The summed E-state index contributed by atoms with van der Waals surface area (Å²) >= 11 is 0. The van der Waals surface area contributed by atoms with Crippen molar-refractivity contribution in [1.29, 1.82) is 0 Å². The monoisotopic (exact) mass is 454 g/mol. The van der Waals surface area contributed by atoms with E-state index in [0.717, 1.165) is 16.3 Å². The van der Waals surface area contributed by atoms with E-state index in [1.807, 2.05) is 30.3 Å². The van der Waals surface area contributed by atoms with Crippen molar-refractivity contribution in [1.82, 2.24) is 19.9 Å². The Morgan fingerprint density at radius 1 is 1.16 bits per heavy atom. The number of H-pyrrole nitrogens is 1. The molecule has 4 aromatic rings. The Morgan fingerprint density at radius 3 is 2.81 bits per heavy atom. The minimum Gasteiger partial charge on any atom is -0.393 e. The van der Waals surface area contributed by atoms with Crippen LogP contribution in [0, 0.1) is 5.92 Å². The molecule has 5 N–H and O–H groups in total. The Morgan fingerprint density at radius 2 is 1.97 bits per heavy atom. The van der Waals surface area contributed by atoms with E-state index in [0.29, 0.717) is 35.6 Å². The molecule has 1 aliphatic carbocycles. The fraction of sp³-hybridized carbons (Fsp3) is 0.286. The summed E-state index contributed by atoms with van der Waals surface area (Å²) in [5.41, 5.74) is 2.15. The first-order valence-corrected chi connectivity index (χ1v) is 11.6. The van der Waals surface area contributed by atoms with Gasteiger partial charge in [0.05, 0.1) is 12.7 Å². The summed E-state index contributed by atoms with van der Waals surface area (Å²) in [7, 11) is -4.04. The Bertz CT molecular complexity index is 1380. The molecule has 32 heavy (non-hydrogen) atoms. The number of hydrogen-bond acceptors (Lipinski definition) is 8. The largest absolute Gasteiger partial charge is 0.393 e. The first-order valence-electron chi connectivity index (χ1n) is 10.2. The molecule has 2 heterocycles. The number of benzene rings is 2. The van der Waals surface area contributed by atoms with Gasteiger partial charge in [-0.25, -0.2) is 20.1 Å².